The van der Waals surface area contributed by atoms with Crippen molar-refractivity contribution in [2.45, 2.75) is 55.8 Å². The summed E-state index contributed by atoms with van der Waals surface area (Å²) in [4.78, 5) is 15.2. The first-order chi connectivity index (χ1) is 16.0. The Bertz CT molecular complexity index is 1020. The van der Waals surface area contributed by atoms with Crippen molar-refractivity contribution in [3.63, 3.8) is 0 Å². The molecule has 2 aliphatic rings. The topological polar surface area (TPSA) is 97.2 Å². The number of carbonyl (C=O) groups excluding carboxylic acids is 1. The smallest absolute Gasteiger partial charge is 0.241 e. The molecule has 1 N–H and O–H groups in total. The molecule has 2 fully saturated rings. The average molecular weight is 492 g/mol. The molecule has 1 atom stereocenters. The van der Waals surface area contributed by atoms with Crippen LogP contribution in [-0.2, 0) is 21.1 Å². The second-order valence-electron chi connectivity index (χ2n) is 8.81. The van der Waals surface area contributed by atoms with Crippen LogP contribution in [-0.4, -0.2) is 71.4 Å². The van der Waals surface area contributed by atoms with Crippen LogP contribution in [0, 0.1) is 0 Å². The molecular weight excluding hydrogens is 458 g/mol. The van der Waals surface area contributed by atoms with Crippen molar-refractivity contribution in [1.82, 2.24) is 25.0 Å². The number of aryl methyl sites for hydroxylation is 1. The molecule has 1 saturated heterocycles. The van der Waals surface area contributed by atoms with Gasteiger partial charge in [0, 0.05) is 32.1 Å². The Hall–Kier alpha value is -1.91. The van der Waals surface area contributed by atoms with E-state index in [2.05, 4.69) is 20.1 Å². The lowest BCUT2D eigenvalue weighted by Gasteiger charge is -2.33. The van der Waals surface area contributed by atoms with Gasteiger partial charge in [-0.3, -0.25) is 9.69 Å². The number of thioether (sulfide) groups is 1. The number of carbonyl (C=O) groups is 1. The van der Waals surface area contributed by atoms with Crippen molar-refractivity contribution in [2.24, 2.45) is 0 Å². The number of amides is 1. The lowest BCUT2D eigenvalue weighted by Crippen LogP contribution is -2.47. The molecule has 1 aliphatic carbocycles. The summed E-state index contributed by atoms with van der Waals surface area (Å²) in [6, 6.07) is 9.62. The highest BCUT2D eigenvalue weighted by atomic mass is 32.2. The van der Waals surface area contributed by atoms with Gasteiger partial charge in [-0.15, -0.1) is 10.2 Å². The van der Waals surface area contributed by atoms with Crippen molar-refractivity contribution in [3.8, 4) is 0 Å². The Morgan fingerprint density at radius 1 is 1.15 bits per heavy atom. The number of nitrogens with zero attached hydrogens (tertiary/aromatic N) is 4. The van der Waals surface area contributed by atoms with E-state index in [0.29, 0.717) is 25.7 Å². The molecule has 8 nitrogen and oxygen atoms in total. The van der Waals surface area contributed by atoms with Gasteiger partial charge in [0.25, 0.3) is 0 Å². The molecular formula is C23H33N5O3S2. The van der Waals surface area contributed by atoms with Crippen LogP contribution in [0.4, 0.5) is 0 Å². The van der Waals surface area contributed by atoms with Crippen LogP contribution in [0.3, 0.4) is 0 Å². The molecule has 0 radical (unpaired) electrons. The number of rotatable bonds is 9. The molecule has 1 aromatic heterocycles. The number of sulfone groups is 1. The maximum Gasteiger partial charge on any atom is 0.241 e. The average Bonchev–Trinajstić information content (AvgIpc) is 3.48. The van der Waals surface area contributed by atoms with Crippen LogP contribution in [0.15, 0.2) is 35.5 Å². The molecule has 1 aliphatic heterocycles. The third-order valence-corrected chi connectivity index (χ3v) is 8.84. The fourth-order valence-electron chi connectivity index (χ4n) is 4.85. The fourth-order valence-corrected chi connectivity index (χ4v) is 6.65. The van der Waals surface area contributed by atoms with E-state index in [0.717, 1.165) is 29.4 Å². The molecule has 2 heterocycles. The lowest BCUT2D eigenvalue weighted by atomic mass is 10.0. The number of hydrogen-bond acceptors (Lipinski definition) is 7. The predicted octanol–water partition coefficient (Wildman–Crippen LogP) is 2.64. The first-order valence-corrected chi connectivity index (χ1v) is 14.8. The van der Waals surface area contributed by atoms with Gasteiger partial charge in [-0.05, 0) is 31.1 Å². The summed E-state index contributed by atoms with van der Waals surface area (Å²) < 4.78 is 26.1. The van der Waals surface area contributed by atoms with E-state index in [1.165, 1.54) is 25.7 Å². The Morgan fingerprint density at radius 2 is 1.85 bits per heavy atom. The van der Waals surface area contributed by atoms with E-state index in [1.54, 1.807) is 11.8 Å². The Labute approximate surface area is 200 Å². The van der Waals surface area contributed by atoms with Crippen molar-refractivity contribution < 1.29 is 13.2 Å². The quantitative estimate of drug-likeness (QED) is 0.425. The monoisotopic (exact) mass is 491 g/mol. The van der Waals surface area contributed by atoms with Crippen molar-refractivity contribution in [1.29, 1.82) is 0 Å². The minimum absolute atomic E-state index is 0.0810. The van der Waals surface area contributed by atoms with Gasteiger partial charge in [0.05, 0.1) is 11.5 Å². The fraction of sp³-hybridized carbons (Fsp3) is 0.609. The molecule has 33 heavy (non-hydrogen) atoms. The summed E-state index contributed by atoms with van der Waals surface area (Å²) >= 11 is 1.64. The predicted molar refractivity (Wildman–Crippen MR) is 130 cm³/mol. The minimum atomic E-state index is -3.01. The van der Waals surface area contributed by atoms with E-state index in [1.807, 2.05) is 41.5 Å². The van der Waals surface area contributed by atoms with Crippen LogP contribution < -0.4 is 5.32 Å². The van der Waals surface area contributed by atoms with Gasteiger partial charge < -0.3 is 9.88 Å². The second-order valence-corrected chi connectivity index (χ2v) is 11.9. The molecule has 0 bridgehead atoms. The highest BCUT2D eigenvalue weighted by molar-refractivity contribution is 7.98. The Balaban J connectivity index is 1.37. The van der Waals surface area contributed by atoms with Crippen LogP contribution >= 0.6 is 11.8 Å². The number of aromatic nitrogens is 3. The summed E-state index contributed by atoms with van der Waals surface area (Å²) in [5.41, 5.74) is 0.889. The maximum absolute atomic E-state index is 13.2. The van der Waals surface area contributed by atoms with Gasteiger partial charge in [0.1, 0.15) is 11.9 Å². The summed E-state index contributed by atoms with van der Waals surface area (Å²) in [5.74, 6) is 1.11. The highest BCUT2D eigenvalue weighted by Crippen LogP contribution is 2.33. The number of hydrogen-bond donors (Lipinski definition) is 1. The summed E-state index contributed by atoms with van der Waals surface area (Å²) in [6.07, 6.45) is 8.45. The molecule has 1 amide bonds. The summed E-state index contributed by atoms with van der Waals surface area (Å²) in [7, 11) is -3.01. The number of nitrogens with one attached hydrogen (secondary N) is 1. The van der Waals surface area contributed by atoms with Crippen LogP contribution in [0.2, 0.25) is 0 Å². The normalized spacial score (nSPS) is 20.0. The van der Waals surface area contributed by atoms with E-state index in [-0.39, 0.29) is 17.4 Å². The maximum atomic E-state index is 13.2. The molecule has 1 saturated carbocycles. The van der Waals surface area contributed by atoms with Crippen molar-refractivity contribution >= 4 is 27.5 Å². The van der Waals surface area contributed by atoms with E-state index < -0.39 is 15.9 Å². The molecule has 180 valence electrons. The van der Waals surface area contributed by atoms with Gasteiger partial charge in [-0.1, -0.05) is 54.9 Å². The first-order valence-electron chi connectivity index (χ1n) is 11.7. The zero-order valence-corrected chi connectivity index (χ0v) is 20.8. The third kappa shape index (κ3) is 5.96. The van der Waals surface area contributed by atoms with Crippen molar-refractivity contribution in [3.05, 3.63) is 41.7 Å². The van der Waals surface area contributed by atoms with Gasteiger partial charge >= 0.3 is 0 Å². The van der Waals surface area contributed by atoms with Crippen LogP contribution in [0.1, 0.15) is 55.6 Å². The molecule has 0 spiro atoms. The van der Waals surface area contributed by atoms with Gasteiger partial charge in [0.15, 0.2) is 15.0 Å². The lowest BCUT2D eigenvalue weighted by molar-refractivity contribution is -0.126. The van der Waals surface area contributed by atoms with Gasteiger partial charge in [-0.2, -0.15) is 0 Å². The van der Waals surface area contributed by atoms with Gasteiger partial charge in [0.2, 0.25) is 5.91 Å². The molecule has 1 unspecified atom stereocenters. The Kier molecular flexibility index (Phi) is 8.08. The number of benzene rings is 1. The molecule has 4 rings (SSSR count). The summed E-state index contributed by atoms with van der Waals surface area (Å²) in [6.45, 7) is 1.29. The molecule has 1 aromatic carbocycles. The molecule has 2 aromatic rings. The highest BCUT2D eigenvalue weighted by Gasteiger charge is 2.32. The first kappa shape index (κ1) is 24.2. The van der Waals surface area contributed by atoms with E-state index in [9.17, 15) is 13.2 Å². The standard InChI is InChI=1S/C23H33N5O3S2/c1-32-23-26-25-20(28(23)19-10-5-6-11-19)12-7-13-24-22(29)21(18-8-3-2-4-9-18)27-14-16-33(30,31)17-15-27/h2-4,8-9,19,21H,5-7,10-17H2,1H3,(H,24,29). The Morgan fingerprint density at radius 3 is 2.52 bits per heavy atom. The van der Waals surface area contributed by atoms with Gasteiger partial charge in [-0.25, -0.2) is 8.42 Å². The van der Waals surface area contributed by atoms with Crippen molar-refractivity contribution in [2.75, 3.05) is 37.4 Å². The third-order valence-electron chi connectivity index (χ3n) is 6.59. The van der Waals surface area contributed by atoms with E-state index in [4.69, 9.17) is 0 Å². The van der Waals surface area contributed by atoms with E-state index >= 15 is 0 Å². The zero-order chi connectivity index (χ0) is 23.3. The zero-order valence-electron chi connectivity index (χ0n) is 19.1. The van der Waals surface area contributed by atoms with Crippen LogP contribution in [0.25, 0.3) is 0 Å². The largest absolute Gasteiger partial charge is 0.354 e. The SMILES string of the molecule is CSc1nnc(CCCNC(=O)C(c2ccccc2)N2CCS(=O)(=O)CC2)n1C1CCCC1. The summed E-state index contributed by atoms with van der Waals surface area (Å²) in [5, 5.41) is 12.9. The minimum Gasteiger partial charge on any atom is -0.354 e. The second kappa shape index (κ2) is 11.0. The van der Waals surface area contributed by atoms with Crippen LogP contribution in [0.5, 0.6) is 0 Å². The molecule has 10 heteroatoms.